The molecule has 15 heavy (non-hydrogen) atoms. The average Bonchev–Trinajstić information content (AvgIpc) is 2.23. The fourth-order valence-corrected chi connectivity index (χ4v) is 1.23. The minimum Gasteiger partial charge on any atom is -0.494 e. The van der Waals surface area contributed by atoms with Crippen molar-refractivity contribution in [1.82, 2.24) is 0 Å². The van der Waals surface area contributed by atoms with Gasteiger partial charge in [0.05, 0.1) is 17.7 Å². The maximum Gasteiger partial charge on any atom is 0.142 e. The maximum atomic E-state index is 12.8. The van der Waals surface area contributed by atoms with Crippen LogP contribution in [0, 0.1) is 17.1 Å². The molecule has 4 heteroatoms. The fourth-order valence-electron chi connectivity index (χ4n) is 1.06. The van der Waals surface area contributed by atoms with E-state index >= 15 is 0 Å². The molecule has 0 amide bonds. The molecule has 0 aliphatic rings. The normalized spacial score (nSPS) is 9.67. The Hall–Kier alpha value is -1.27. The van der Waals surface area contributed by atoms with Crippen LogP contribution in [0.15, 0.2) is 18.2 Å². The van der Waals surface area contributed by atoms with E-state index in [4.69, 9.17) is 21.6 Å². The van der Waals surface area contributed by atoms with Gasteiger partial charge in [-0.15, -0.1) is 0 Å². The lowest BCUT2D eigenvalue weighted by atomic mass is 10.2. The minimum absolute atomic E-state index is 0.0597. The second-order valence-electron chi connectivity index (χ2n) is 3.04. The summed E-state index contributed by atoms with van der Waals surface area (Å²) in [5.74, 6) is 0.104. The van der Waals surface area contributed by atoms with Gasteiger partial charge in [-0.1, -0.05) is 11.6 Å². The molecule has 0 atom stereocenters. The first-order chi connectivity index (χ1) is 7.24. The summed E-state index contributed by atoms with van der Waals surface area (Å²) >= 11 is 5.58. The van der Waals surface area contributed by atoms with E-state index in [1.807, 2.05) is 0 Å². The molecule has 0 aromatic heterocycles. The van der Waals surface area contributed by atoms with Gasteiger partial charge in [0.15, 0.2) is 0 Å². The first-order valence-corrected chi connectivity index (χ1v) is 5.06. The van der Waals surface area contributed by atoms with Crippen LogP contribution >= 0.6 is 11.6 Å². The van der Waals surface area contributed by atoms with Crippen LogP contribution in [-0.4, -0.2) is 6.61 Å². The van der Waals surface area contributed by atoms with Crippen molar-refractivity contribution in [2.45, 2.75) is 19.3 Å². The molecule has 0 saturated carbocycles. The van der Waals surface area contributed by atoms with Crippen LogP contribution in [0.3, 0.4) is 0 Å². The number of ether oxygens (including phenoxy) is 1. The zero-order valence-electron chi connectivity index (χ0n) is 8.17. The van der Waals surface area contributed by atoms with E-state index in [2.05, 4.69) is 6.07 Å². The summed E-state index contributed by atoms with van der Waals surface area (Å²) in [6, 6.07) is 6.31. The van der Waals surface area contributed by atoms with Crippen LogP contribution < -0.4 is 4.74 Å². The van der Waals surface area contributed by atoms with Gasteiger partial charge in [0.2, 0.25) is 0 Å². The van der Waals surface area contributed by atoms with Crippen molar-refractivity contribution in [3.05, 3.63) is 29.0 Å². The molecule has 0 fully saturated rings. The first kappa shape index (κ1) is 11.8. The third kappa shape index (κ3) is 4.18. The van der Waals surface area contributed by atoms with Crippen molar-refractivity contribution in [2.75, 3.05) is 6.61 Å². The predicted molar refractivity (Wildman–Crippen MR) is 56.4 cm³/mol. The number of nitrogens with zero attached hydrogens (tertiary/aromatic N) is 1. The topological polar surface area (TPSA) is 33.0 Å². The molecule has 2 nitrogen and oxygen atoms in total. The minimum atomic E-state index is -0.450. The second kappa shape index (κ2) is 6.26. The standard InChI is InChI=1S/C11H11ClFNO/c12-10-8-9(4-5-11(10)13)15-7-3-1-2-6-14/h4-5,8H,1-3,7H2. The quantitative estimate of drug-likeness (QED) is 0.721. The van der Waals surface area contributed by atoms with Crippen LogP contribution in [-0.2, 0) is 0 Å². The van der Waals surface area contributed by atoms with Gasteiger partial charge in [0.1, 0.15) is 11.6 Å². The Balaban J connectivity index is 2.32. The van der Waals surface area contributed by atoms with Gasteiger partial charge < -0.3 is 4.74 Å². The van der Waals surface area contributed by atoms with Gasteiger partial charge in [0, 0.05) is 12.5 Å². The maximum absolute atomic E-state index is 12.8. The molecule has 1 rings (SSSR count). The van der Waals surface area contributed by atoms with E-state index in [1.165, 1.54) is 18.2 Å². The average molecular weight is 228 g/mol. The number of benzene rings is 1. The Labute approximate surface area is 93.2 Å². The van der Waals surface area contributed by atoms with Crippen molar-refractivity contribution in [2.24, 2.45) is 0 Å². The Morgan fingerprint density at radius 3 is 2.87 bits per heavy atom. The molecule has 0 bridgehead atoms. The van der Waals surface area contributed by atoms with E-state index in [-0.39, 0.29) is 5.02 Å². The second-order valence-corrected chi connectivity index (χ2v) is 3.45. The molecular formula is C11H11ClFNO. The monoisotopic (exact) mass is 227 g/mol. The lowest BCUT2D eigenvalue weighted by Gasteiger charge is -2.05. The third-order valence-electron chi connectivity index (χ3n) is 1.84. The SMILES string of the molecule is N#CCCCCOc1ccc(F)c(Cl)c1. The number of halogens is 2. The number of nitriles is 1. The highest BCUT2D eigenvalue weighted by atomic mass is 35.5. The predicted octanol–water partition coefficient (Wildman–Crippen LogP) is 3.55. The van der Waals surface area contributed by atoms with E-state index < -0.39 is 5.82 Å². The molecule has 1 aromatic rings. The van der Waals surface area contributed by atoms with Crippen LogP contribution in [0.1, 0.15) is 19.3 Å². The van der Waals surface area contributed by atoms with E-state index in [9.17, 15) is 4.39 Å². The smallest absolute Gasteiger partial charge is 0.142 e. The van der Waals surface area contributed by atoms with Gasteiger partial charge >= 0.3 is 0 Å². The van der Waals surface area contributed by atoms with Gasteiger partial charge in [0.25, 0.3) is 0 Å². The number of hydrogen-bond acceptors (Lipinski definition) is 2. The lowest BCUT2D eigenvalue weighted by Crippen LogP contribution is -1.97. The molecule has 0 spiro atoms. The summed E-state index contributed by atoms with van der Waals surface area (Å²) in [5.41, 5.74) is 0. The summed E-state index contributed by atoms with van der Waals surface area (Å²) in [4.78, 5) is 0. The molecule has 0 radical (unpaired) electrons. The molecule has 0 aliphatic heterocycles. The summed E-state index contributed by atoms with van der Waals surface area (Å²) in [7, 11) is 0. The van der Waals surface area contributed by atoms with Crippen molar-refractivity contribution in [3.63, 3.8) is 0 Å². The zero-order chi connectivity index (χ0) is 11.1. The van der Waals surface area contributed by atoms with Gasteiger partial charge in [-0.25, -0.2) is 4.39 Å². The number of unbranched alkanes of at least 4 members (excludes halogenated alkanes) is 2. The molecular weight excluding hydrogens is 217 g/mol. The third-order valence-corrected chi connectivity index (χ3v) is 2.13. The summed E-state index contributed by atoms with van der Waals surface area (Å²) in [6.45, 7) is 0.518. The molecule has 0 unspecified atom stereocenters. The van der Waals surface area contributed by atoms with Crippen LogP contribution in [0.4, 0.5) is 4.39 Å². The Kier molecular flexibility index (Phi) is 4.92. The first-order valence-electron chi connectivity index (χ1n) is 4.69. The lowest BCUT2D eigenvalue weighted by molar-refractivity contribution is 0.307. The Morgan fingerprint density at radius 1 is 1.40 bits per heavy atom. The van der Waals surface area contributed by atoms with Crippen molar-refractivity contribution in [3.8, 4) is 11.8 Å². The van der Waals surface area contributed by atoms with Crippen molar-refractivity contribution >= 4 is 11.6 Å². The molecule has 0 heterocycles. The summed E-state index contributed by atoms with van der Waals surface area (Å²) < 4.78 is 18.1. The van der Waals surface area contributed by atoms with E-state index in [0.717, 1.165) is 12.8 Å². The number of rotatable bonds is 5. The fraction of sp³-hybridized carbons (Fsp3) is 0.364. The zero-order valence-corrected chi connectivity index (χ0v) is 8.93. The molecule has 0 aliphatic carbocycles. The van der Waals surface area contributed by atoms with Crippen LogP contribution in [0.5, 0.6) is 5.75 Å². The summed E-state index contributed by atoms with van der Waals surface area (Å²) in [5, 5.41) is 8.36. The van der Waals surface area contributed by atoms with Crippen molar-refractivity contribution < 1.29 is 9.13 Å². The van der Waals surface area contributed by atoms with Crippen LogP contribution in [0.25, 0.3) is 0 Å². The highest BCUT2D eigenvalue weighted by molar-refractivity contribution is 6.30. The van der Waals surface area contributed by atoms with Gasteiger partial charge in [-0.3, -0.25) is 0 Å². The largest absolute Gasteiger partial charge is 0.494 e. The van der Waals surface area contributed by atoms with E-state index in [1.54, 1.807) is 0 Å². The van der Waals surface area contributed by atoms with Gasteiger partial charge in [-0.2, -0.15) is 5.26 Å². The molecule has 1 aromatic carbocycles. The Morgan fingerprint density at radius 2 is 2.20 bits per heavy atom. The highest BCUT2D eigenvalue weighted by Crippen LogP contribution is 2.21. The highest BCUT2D eigenvalue weighted by Gasteiger charge is 2.01. The summed E-state index contributed by atoms with van der Waals surface area (Å²) in [6.07, 6.45) is 2.15. The Bertz CT molecular complexity index is 362. The van der Waals surface area contributed by atoms with Crippen LogP contribution in [0.2, 0.25) is 5.02 Å². The van der Waals surface area contributed by atoms with Gasteiger partial charge in [-0.05, 0) is 25.0 Å². The van der Waals surface area contributed by atoms with E-state index in [0.29, 0.717) is 18.8 Å². The molecule has 0 N–H and O–H groups in total. The molecule has 0 saturated heterocycles. The number of hydrogen-bond donors (Lipinski definition) is 0. The van der Waals surface area contributed by atoms with Crippen molar-refractivity contribution in [1.29, 1.82) is 5.26 Å². The molecule has 80 valence electrons.